The number of nitrogens with zero attached hydrogens (tertiary/aromatic N) is 3. The van der Waals surface area contributed by atoms with Crippen LogP contribution in [0.1, 0.15) is 31.3 Å². The molecular weight excluding hydrogens is 338 g/mol. The predicted octanol–water partition coefficient (Wildman–Crippen LogP) is 4.80. The molecule has 0 aliphatic heterocycles. The van der Waals surface area contributed by atoms with Crippen LogP contribution in [0.5, 0.6) is 0 Å². The third kappa shape index (κ3) is 3.39. The molecule has 1 amide bonds. The molecule has 3 aromatic rings. The van der Waals surface area contributed by atoms with Crippen LogP contribution in [0, 0.1) is 0 Å². The van der Waals surface area contributed by atoms with Gasteiger partial charge in [0.25, 0.3) is 5.91 Å². The number of carbonyl (C=O) groups is 1. The Balaban J connectivity index is 1.82. The molecule has 0 N–H and O–H groups in total. The highest BCUT2D eigenvalue weighted by Gasteiger charge is 2.25. The Morgan fingerprint density at radius 3 is 2.54 bits per heavy atom. The fraction of sp³-hybridized carbons (Fsp3) is 0.278. The third-order valence-corrected chi connectivity index (χ3v) is 5.61. The Morgan fingerprint density at radius 2 is 1.96 bits per heavy atom. The van der Waals surface area contributed by atoms with Crippen LogP contribution in [-0.2, 0) is 0 Å². The molecule has 0 fully saturated rings. The number of aromatic nitrogens is 2. The number of amides is 1. The Morgan fingerprint density at radius 1 is 1.17 bits per heavy atom. The number of carbonyl (C=O) groups excluding carboxylic acids is 1. The second-order valence-electron chi connectivity index (χ2n) is 6.48. The minimum Gasteiger partial charge on any atom is -0.336 e. The molecule has 0 unspecified atom stereocenters. The van der Waals surface area contributed by atoms with Gasteiger partial charge in [-0.2, -0.15) is 0 Å². The summed E-state index contributed by atoms with van der Waals surface area (Å²) < 4.78 is 0. The lowest BCUT2D eigenvalue weighted by Gasteiger charge is -2.31. The van der Waals surface area contributed by atoms with E-state index in [2.05, 4.69) is 16.0 Å². The van der Waals surface area contributed by atoms with Crippen LogP contribution in [0.4, 0.5) is 0 Å². The molecule has 124 valence electrons. The molecule has 0 bridgehead atoms. The summed E-state index contributed by atoms with van der Waals surface area (Å²) >= 11 is 3.13. The first-order valence-electron chi connectivity index (χ1n) is 7.60. The van der Waals surface area contributed by atoms with Gasteiger partial charge in [0.1, 0.15) is 10.7 Å². The summed E-state index contributed by atoms with van der Waals surface area (Å²) in [6.07, 6.45) is 1.85. The van der Waals surface area contributed by atoms with E-state index in [0.29, 0.717) is 5.69 Å². The Kier molecular flexibility index (Phi) is 4.51. The maximum atomic E-state index is 12.5. The van der Waals surface area contributed by atoms with Crippen LogP contribution in [0.3, 0.4) is 0 Å². The van der Waals surface area contributed by atoms with Crippen molar-refractivity contribution in [3.8, 4) is 21.1 Å². The van der Waals surface area contributed by atoms with E-state index in [1.807, 2.05) is 50.5 Å². The molecule has 0 saturated carbocycles. The van der Waals surface area contributed by atoms with E-state index < -0.39 is 0 Å². The minimum absolute atomic E-state index is 0.0693. The van der Waals surface area contributed by atoms with Gasteiger partial charge in [-0.05, 0) is 44.4 Å². The standard InChI is InChI=1S/C18H19N3OS2/c1-18(2,3)21(4)17(22)14-11-24-16(20-14)13-8-7-12(10-19-13)15-6-5-9-23-15/h5-11H,1-4H3. The van der Waals surface area contributed by atoms with Gasteiger partial charge in [-0.3, -0.25) is 9.78 Å². The maximum absolute atomic E-state index is 12.5. The molecule has 0 aliphatic rings. The summed E-state index contributed by atoms with van der Waals surface area (Å²) in [5, 5.41) is 4.61. The zero-order valence-corrected chi connectivity index (χ0v) is 15.7. The van der Waals surface area contributed by atoms with E-state index in [1.54, 1.807) is 28.7 Å². The number of rotatable bonds is 3. The van der Waals surface area contributed by atoms with Crippen LogP contribution in [-0.4, -0.2) is 33.4 Å². The van der Waals surface area contributed by atoms with Crippen LogP contribution in [0.15, 0.2) is 41.2 Å². The van der Waals surface area contributed by atoms with Gasteiger partial charge >= 0.3 is 0 Å². The quantitative estimate of drug-likeness (QED) is 0.676. The topological polar surface area (TPSA) is 46.1 Å². The molecule has 3 aromatic heterocycles. The van der Waals surface area contributed by atoms with Crippen LogP contribution >= 0.6 is 22.7 Å². The number of pyridine rings is 1. The lowest BCUT2D eigenvalue weighted by atomic mass is 10.1. The highest BCUT2D eigenvalue weighted by atomic mass is 32.1. The SMILES string of the molecule is CN(C(=O)c1csc(-c2ccc(-c3cccs3)cn2)n1)C(C)(C)C. The van der Waals surface area contributed by atoms with Gasteiger partial charge in [0, 0.05) is 34.6 Å². The zero-order chi connectivity index (χ0) is 17.3. The van der Waals surface area contributed by atoms with E-state index in [-0.39, 0.29) is 11.4 Å². The predicted molar refractivity (Wildman–Crippen MR) is 101 cm³/mol. The molecule has 0 aliphatic carbocycles. The highest BCUT2D eigenvalue weighted by Crippen LogP contribution is 2.28. The molecule has 3 rings (SSSR count). The van der Waals surface area contributed by atoms with Crippen molar-refractivity contribution >= 4 is 28.6 Å². The number of thiophene rings is 1. The van der Waals surface area contributed by atoms with Gasteiger partial charge in [-0.25, -0.2) is 4.98 Å². The van der Waals surface area contributed by atoms with Crippen molar-refractivity contribution in [2.75, 3.05) is 7.05 Å². The number of hydrogen-bond donors (Lipinski definition) is 0. The largest absolute Gasteiger partial charge is 0.336 e. The lowest BCUT2D eigenvalue weighted by molar-refractivity contribution is 0.0650. The second-order valence-corrected chi connectivity index (χ2v) is 8.29. The fourth-order valence-corrected chi connectivity index (χ4v) is 3.56. The average molecular weight is 358 g/mol. The first-order valence-corrected chi connectivity index (χ1v) is 9.36. The zero-order valence-electron chi connectivity index (χ0n) is 14.1. The summed E-state index contributed by atoms with van der Waals surface area (Å²) in [6, 6.07) is 8.09. The molecule has 0 spiro atoms. The first-order chi connectivity index (χ1) is 11.4. The van der Waals surface area contributed by atoms with E-state index in [1.165, 1.54) is 16.2 Å². The van der Waals surface area contributed by atoms with E-state index in [4.69, 9.17) is 0 Å². The van der Waals surface area contributed by atoms with Gasteiger partial charge in [0.15, 0.2) is 0 Å². The number of hydrogen-bond acceptors (Lipinski definition) is 5. The van der Waals surface area contributed by atoms with E-state index in [0.717, 1.165) is 16.3 Å². The highest BCUT2D eigenvalue weighted by molar-refractivity contribution is 7.13. The smallest absolute Gasteiger partial charge is 0.273 e. The number of thiazole rings is 1. The van der Waals surface area contributed by atoms with E-state index in [9.17, 15) is 4.79 Å². The molecule has 0 atom stereocenters. The van der Waals surface area contributed by atoms with Gasteiger partial charge in [0.05, 0.1) is 5.69 Å². The van der Waals surface area contributed by atoms with Crippen molar-refractivity contribution in [2.24, 2.45) is 0 Å². The Hall–Kier alpha value is -2.05. The molecule has 24 heavy (non-hydrogen) atoms. The normalized spacial score (nSPS) is 11.5. The molecule has 6 heteroatoms. The van der Waals surface area contributed by atoms with Gasteiger partial charge < -0.3 is 4.90 Å². The summed E-state index contributed by atoms with van der Waals surface area (Å²) in [5.74, 6) is -0.0693. The Labute approximate surface area is 149 Å². The van der Waals surface area contributed by atoms with Crippen molar-refractivity contribution in [3.63, 3.8) is 0 Å². The Bertz CT molecular complexity index is 830. The van der Waals surface area contributed by atoms with Crippen LogP contribution < -0.4 is 0 Å². The molecule has 0 saturated heterocycles. The lowest BCUT2D eigenvalue weighted by Crippen LogP contribution is -2.42. The third-order valence-electron chi connectivity index (χ3n) is 3.82. The van der Waals surface area contributed by atoms with Crippen molar-refractivity contribution in [1.29, 1.82) is 0 Å². The summed E-state index contributed by atoms with van der Waals surface area (Å²) in [4.78, 5) is 24.4. The summed E-state index contributed by atoms with van der Waals surface area (Å²) in [6.45, 7) is 6.01. The van der Waals surface area contributed by atoms with Crippen molar-refractivity contribution in [1.82, 2.24) is 14.9 Å². The molecule has 4 nitrogen and oxygen atoms in total. The summed E-state index contributed by atoms with van der Waals surface area (Å²) in [5.41, 5.74) is 2.12. The van der Waals surface area contributed by atoms with Gasteiger partial charge in [-0.1, -0.05) is 6.07 Å². The van der Waals surface area contributed by atoms with Crippen molar-refractivity contribution < 1.29 is 4.79 Å². The van der Waals surface area contributed by atoms with Crippen LogP contribution in [0.25, 0.3) is 21.1 Å². The maximum Gasteiger partial charge on any atom is 0.273 e. The van der Waals surface area contributed by atoms with Gasteiger partial charge in [-0.15, -0.1) is 22.7 Å². The minimum atomic E-state index is -0.235. The monoisotopic (exact) mass is 357 g/mol. The molecule has 3 heterocycles. The van der Waals surface area contributed by atoms with Crippen molar-refractivity contribution in [2.45, 2.75) is 26.3 Å². The van der Waals surface area contributed by atoms with Crippen molar-refractivity contribution in [3.05, 3.63) is 46.9 Å². The fourth-order valence-electron chi connectivity index (χ4n) is 2.08. The summed E-state index contributed by atoms with van der Waals surface area (Å²) in [7, 11) is 1.80. The van der Waals surface area contributed by atoms with Gasteiger partial charge in [0.2, 0.25) is 0 Å². The second kappa shape index (κ2) is 6.45. The molecular formula is C18H19N3OS2. The van der Waals surface area contributed by atoms with Crippen LogP contribution in [0.2, 0.25) is 0 Å². The first kappa shape index (κ1) is 16.8. The average Bonchev–Trinajstić information content (AvgIpc) is 3.24. The molecule has 0 radical (unpaired) electrons. The molecule has 0 aromatic carbocycles. The van der Waals surface area contributed by atoms with E-state index >= 15 is 0 Å².